The topological polar surface area (TPSA) is 28.3 Å². The third-order valence-electron chi connectivity index (χ3n) is 2.69. The number of hydrogen-bond acceptors (Lipinski definition) is 2. The number of aromatic amines is 1. The molecule has 3 nitrogen and oxygen atoms in total. The summed E-state index contributed by atoms with van der Waals surface area (Å²) < 4.78 is 5.30. The van der Waals surface area contributed by atoms with Gasteiger partial charge in [0.1, 0.15) is 0 Å². The molecule has 0 amide bonds. The van der Waals surface area contributed by atoms with E-state index in [1.807, 2.05) is 6.20 Å². The summed E-state index contributed by atoms with van der Waals surface area (Å²) in [6.45, 7) is 5.21. The van der Waals surface area contributed by atoms with Crippen LogP contribution in [0.5, 0.6) is 0 Å². The van der Waals surface area contributed by atoms with Crippen molar-refractivity contribution in [2.45, 2.75) is 12.8 Å². The van der Waals surface area contributed by atoms with Crippen molar-refractivity contribution in [2.75, 3.05) is 32.8 Å². The van der Waals surface area contributed by atoms with E-state index in [-0.39, 0.29) is 0 Å². The normalized spacial score (nSPS) is 18.6. The lowest BCUT2D eigenvalue weighted by Gasteiger charge is -2.26. The number of morpholine rings is 1. The molecule has 0 bridgehead atoms. The summed E-state index contributed by atoms with van der Waals surface area (Å²) in [5.41, 5.74) is 1.35. The van der Waals surface area contributed by atoms with Gasteiger partial charge in [0, 0.05) is 25.0 Å². The third-order valence-corrected chi connectivity index (χ3v) is 2.69. The number of nitrogens with one attached hydrogen (secondary N) is 1. The molecular formula is C11H18N2O. The maximum Gasteiger partial charge on any atom is 0.0594 e. The Bertz CT molecular complexity index is 240. The molecule has 0 unspecified atom stereocenters. The summed E-state index contributed by atoms with van der Waals surface area (Å²) in [5.74, 6) is 0. The van der Waals surface area contributed by atoms with Crippen molar-refractivity contribution in [1.82, 2.24) is 9.88 Å². The summed E-state index contributed by atoms with van der Waals surface area (Å²) in [4.78, 5) is 5.71. The van der Waals surface area contributed by atoms with E-state index in [1.165, 1.54) is 18.7 Å². The van der Waals surface area contributed by atoms with E-state index in [0.717, 1.165) is 32.7 Å². The van der Waals surface area contributed by atoms with Gasteiger partial charge < -0.3 is 9.72 Å². The minimum atomic E-state index is 0.905. The molecule has 0 spiro atoms. The average Bonchev–Trinajstić information content (AvgIpc) is 2.72. The van der Waals surface area contributed by atoms with Gasteiger partial charge in [0.2, 0.25) is 0 Å². The van der Waals surface area contributed by atoms with Crippen LogP contribution >= 0.6 is 0 Å². The Hall–Kier alpha value is -0.800. The van der Waals surface area contributed by atoms with Crippen LogP contribution in [-0.2, 0) is 11.2 Å². The van der Waals surface area contributed by atoms with Crippen LogP contribution in [0.15, 0.2) is 18.3 Å². The first-order chi connectivity index (χ1) is 6.95. The van der Waals surface area contributed by atoms with Crippen molar-refractivity contribution in [1.29, 1.82) is 0 Å². The number of rotatable bonds is 4. The number of nitrogens with zero attached hydrogens (tertiary/aromatic N) is 1. The fourth-order valence-corrected chi connectivity index (χ4v) is 1.84. The van der Waals surface area contributed by atoms with Crippen LogP contribution in [0.1, 0.15) is 12.1 Å². The Morgan fingerprint density at radius 1 is 1.36 bits per heavy atom. The van der Waals surface area contributed by atoms with Crippen LogP contribution in [0.25, 0.3) is 0 Å². The lowest BCUT2D eigenvalue weighted by atomic mass is 10.2. The molecule has 1 fully saturated rings. The lowest BCUT2D eigenvalue weighted by Crippen LogP contribution is -2.36. The van der Waals surface area contributed by atoms with E-state index in [4.69, 9.17) is 4.74 Å². The van der Waals surface area contributed by atoms with E-state index < -0.39 is 0 Å². The zero-order valence-corrected chi connectivity index (χ0v) is 8.54. The fourth-order valence-electron chi connectivity index (χ4n) is 1.84. The predicted octanol–water partition coefficient (Wildman–Crippen LogP) is 1.28. The van der Waals surface area contributed by atoms with Gasteiger partial charge in [-0.05, 0) is 31.5 Å². The van der Waals surface area contributed by atoms with E-state index >= 15 is 0 Å². The Kier molecular flexibility index (Phi) is 3.60. The lowest BCUT2D eigenvalue weighted by molar-refractivity contribution is 0.0374. The molecule has 1 saturated heterocycles. The molecule has 14 heavy (non-hydrogen) atoms. The van der Waals surface area contributed by atoms with E-state index in [9.17, 15) is 0 Å². The van der Waals surface area contributed by atoms with Gasteiger partial charge in [0.05, 0.1) is 13.2 Å². The SMILES string of the molecule is c1c[nH]c(CCCN2CCOCC2)c1. The van der Waals surface area contributed by atoms with Crippen LogP contribution in [0.3, 0.4) is 0 Å². The zero-order valence-electron chi connectivity index (χ0n) is 8.54. The third kappa shape index (κ3) is 2.86. The van der Waals surface area contributed by atoms with Gasteiger partial charge in [0.15, 0.2) is 0 Å². The van der Waals surface area contributed by atoms with E-state index in [1.54, 1.807) is 0 Å². The van der Waals surface area contributed by atoms with Crippen LogP contribution in [-0.4, -0.2) is 42.7 Å². The molecule has 1 aliphatic heterocycles. The van der Waals surface area contributed by atoms with Crippen molar-refractivity contribution < 1.29 is 4.74 Å². The first-order valence-corrected chi connectivity index (χ1v) is 5.37. The van der Waals surface area contributed by atoms with E-state index in [2.05, 4.69) is 22.0 Å². The van der Waals surface area contributed by atoms with Gasteiger partial charge >= 0.3 is 0 Å². The van der Waals surface area contributed by atoms with Gasteiger partial charge in [-0.15, -0.1) is 0 Å². The molecule has 78 valence electrons. The van der Waals surface area contributed by atoms with Crippen LogP contribution in [0.2, 0.25) is 0 Å². The summed E-state index contributed by atoms with van der Waals surface area (Å²) in [7, 11) is 0. The maximum atomic E-state index is 5.30. The molecule has 0 radical (unpaired) electrons. The Morgan fingerprint density at radius 2 is 2.21 bits per heavy atom. The highest BCUT2D eigenvalue weighted by Gasteiger charge is 2.09. The highest BCUT2D eigenvalue weighted by molar-refractivity contribution is 5.03. The van der Waals surface area contributed by atoms with Crippen LogP contribution in [0.4, 0.5) is 0 Å². The summed E-state index contributed by atoms with van der Waals surface area (Å²) in [6.07, 6.45) is 4.38. The maximum absolute atomic E-state index is 5.30. The van der Waals surface area contributed by atoms with Crippen molar-refractivity contribution in [3.8, 4) is 0 Å². The summed E-state index contributed by atoms with van der Waals surface area (Å²) in [6, 6.07) is 4.21. The number of aromatic nitrogens is 1. The summed E-state index contributed by atoms with van der Waals surface area (Å²) >= 11 is 0. The molecule has 0 atom stereocenters. The number of ether oxygens (including phenoxy) is 1. The Balaban J connectivity index is 1.62. The van der Waals surface area contributed by atoms with Crippen molar-refractivity contribution in [2.24, 2.45) is 0 Å². The van der Waals surface area contributed by atoms with E-state index in [0.29, 0.717) is 0 Å². The minimum absolute atomic E-state index is 0.905. The van der Waals surface area contributed by atoms with Gasteiger partial charge in [0.25, 0.3) is 0 Å². The molecule has 2 heterocycles. The smallest absolute Gasteiger partial charge is 0.0594 e. The Morgan fingerprint density at radius 3 is 2.93 bits per heavy atom. The fraction of sp³-hybridized carbons (Fsp3) is 0.636. The molecule has 0 aromatic carbocycles. The predicted molar refractivity (Wildman–Crippen MR) is 56.4 cm³/mol. The zero-order chi connectivity index (χ0) is 9.64. The van der Waals surface area contributed by atoms with Gasteiger partial charge in [-0.2, -0.15) is 0 Å². The highest BCUT2D eigenvalue weighted by Crippen LogP contribution is 2.02. The van der Waals surface area contributed by atoms with Crippen molar-refractivity contribution in [3.05, 3.63) is 24.0 Å². The largest absolute Gasteiger partial charge is 0.379 e. The quantitative estimate of drug-likeness (QED) is 0.782. The van der Waals surface area contributed by atoms with Crippen LogP contribution < -0.4 is 0 Å². The number of aryl methyl sites for hydroxylation is 1. The number of H-pyrrole nitrogens is 1. The number of hydrogen-bond donors (Lipinski definition) is 1. The first-order valence-electron chi connectivity index (χ1n) is 5.37. The Labute approximate surface area is 85.1 Å². The molecule has 1 aromatic heterocycles. The van der Waals surface area contributed by atoms with Crippen molar-refractivity contribution >= 4 is 0 Å². The molecule has 3 heteroatoms. The van der Waals surface area contributed by atoms with Gasteiger partial charge in [-0.25, -0.2) is 0 Å². The van der Waals surface area contributed by atoms with Gasteiger partial charge in [-0.3, -0.25) is 4.90 Å². The second kappa shape index (κ2) is 5.17. The molecule has 1 N–H and O–H groups in total. The average molecular weight is 194 g/mol. The second-order valence-electron chi connectivity index (χ2n) is 3.75. The molecule has 2 rings (SSSR count). The minimum Gasteiger partial charge on any atom is -0.379 e. The highest BCUT2D eigenvalue weighted by atomic mass is 16.5. The molecule has 1 aliphatic rings. The second-order valence-corrected chi connectivity index (χ2v) is 3.75. The molecule has 0 aliphatic carbocycles. The van der Waals surface area contributed by atoms with Gasteiger partial charge in [-0.1, -0.05) is 0 Å². The molecular weight excluding hydrogens is 176 g/mol. The first kappa shape index (κ1) is 9.74. The van der Waals surface area contributed by atoms with Crippen molar-refractivity contribution in [3.63, 3.8) is 0 Å². The molecule has 1 aromatic rings. The summed E-state index contributed by atoms with van der Waals surface area (Å²) in [5, 5.41) is 0. The monoisotopic (exact) mass is 194 g/mol. The standard InChI is InChI=1S/C11H18N2O/c1-3-11(12-5-1)4-2-6-13-7-9-14-10-8-13/h1,3,5,12H,2,4,6-10H2. The van der Waals surface area contributed by atoms with Crippen LogP contribution in [0, 0.1) is 0 Å². The molecule has 0 saturated carbocycles.